The van der Waals surface area contributed by atoms with E-state index in [1.165, 1.54) is 0 Å². The number of halogens is 1. The van der Waals surface area contributed by atoms with Crippen molar-refractivity contribution < 1.29 is 4.74 Å². The molecule has 0 aromatic heterocycles. The second-order valence-corrected chi connectivity index (χ2v) is 3.58. The van der Waals surface area contributed by atoms with Crippen LogP contribution in [0.4, 0.5) is 0 Å². The molecule has 56 valence electrons. The van der Waals surface area contributed by atoms with E-state index < -0.39 is 0 Å². The van der Waals surface area contributed by atoms with Crippen molar-refractivity contribution in [1.82, 2.24) is 0 Å². The van der Waals surface area contributed by atoms with Crippen molar-refractivity contribution >= 4 is 15.9 Å². The predicted octanol–water partition coefficient (Wildman–Crippen LogP) is 1.84. The number of hydrogen-bond donors (Lipinski definition) is 0. The third-order valence-corrected chi connectivity index (χ3v) is 2.51. The first-order chi connectivity index (χ1) is 4.74. The molecule has 1 aliphatic heterocycles. The second kappa shape index (κ2) is 3.36. The van der Waals surface area contributed by atoms with Crippen LogP contribution in [0, 0.1) is 11.3 Å². The van der Waals surface area contributed by atoms with Crippen LogP contribution in [0.3, 0.4) is 0 Å². The van der Waals surface area contributed by atoms with Gasteiger partial charge in [-0.25, -0.2) is 0 Å². The zero-order valence-electron chi connectivity index (χ0n) is 5.88. The van der Waals surface area contributed by atoms with E-state index in [9.17, 15) is 0 Å². The van der Waals surface area contributed by atoms with Gasteiger partial charge in [0.1, 0.15) is 4.83 Å². The van der Waals surface area contributed by atoms with Crippen LogP contribution in [-0.4, -0.2) is 17.0 Å². The Labute approximate surface area is 69.3 Å². The van der Waals surface area contributed by atoms with E-state index >= 15 is 0 Å². The van der Waals surface area contributed by atoms with E-state index in [0.29, 0.717) is 6.10 Å². The summed E-state index contributed by atoms with van der Waals surface area (Å²) in [7, 11) is 0. The van der Waals surface area contributed by atoms with Gasteiger partial charge in [-0.05, 0) is 19.8 Å². The van der Waals surface area contributed by atoms with Crippen molar-refractivity contribution in [1.29, 1.82) is 5.26 Å². The van der Waals surface area contributed by atoms with Gasteiger partial charge >= 0.3 is 0 Å². The van der Waals surface area contributed by atoms with Gasteiger partial charge in [0, 0.05) is 0 Å². The van der Waals surface area contributed by atoms with Gasteiger partial charge in [0.25, 0.3) is 0 Å². The van der Waals surface area contributed by atoms with Gasteiger partial charge in [0.15, 0.2) is 0 Å². The SMILES string of the molecule is CC1CCC(C(Br)C#N)O1. The molecular weight excluding hydrogens is 194 g/mol. The van der Waals surface area contributed by atoms with Crippen LogP contribution in [0.5, 0.6) is 0 Å². The lowest BCUT2D eigenvalue weighted by molar-refractivity contribution is 0.0626. The van der Waals surface area contributed by atoms with Crippen LogP contribution in [0.25, 0.3) is 0 Å². The normalized spacial score (nSPS) is 35.3. The smallest absolute Gasteiger partial charge is 0.127 e. The Morgan fingerprint density at radius 3 is 2.80 bits per heavy atom. The lowest BCUT2D eigenvalue weighted by Crippen LogP contribution is -2.18. The Bertz CT molecular complexity index is 154. The number of nitrogens with zero attached hydrogens (tertiary/aromatic N) is 1. The average Bonchev–Trinajstić information content (AvgIpc) is 2.34. The minimum Gasteiger partial charge on any atom is -0.373 e. The van der Waals surface area contributed by atoms with E-state index in [1.807, 2.05) is 6.92 Å². The minimum atomic E-state index is -0.127. The first-order valence-corrected chi connectivity index (χ1v) is 4.34. The molecule has 1 saturated heterocycles. The van der Waals surface area contributed by atoms with Crippen molar-refractivity contribution in [3.63, 3.8) is 0 Å². The number of nitriles is 1. The highest BCUT2D eigenvalue weighted by Gasteiger charge is 2.27. The fourth-order valence-corrected chi connectivity index (χ4v) is 1.52. The molecule has 3 heteroatoms. The molecule has 1 rings (SSSR count). The summed E-state index contributed by atoms with van der Waals surface area (Å²) in [5.41, 5.74) is 0. The van der Waals surface area contributed by atoms with Crippen LogP contribution >= 0.6 is 15.9 Å². The molecule has 0 N–H and O–H groups in total. The van der Waals surface area contributed by atoms with Crippen molar-refractivity contribution in [2.45, 2.75) is 36.8 Å². The van der Waals surface area contributed by atoms with E-state index in [2.05, 4.69) is 22.0 Å². The maximum atomic E-state index is 8.50. The lowest BCUT2D eigenvalue weighted by atomic mass is 10.2. The Kier molecular flexibility index (Phi) is 2.70. The molecule has 3 atom stereocenters. The summed E-state index contributed by atoms with van der Waals surface area (Å²) in [5, 5.41) is 8.50. The van der Waals surface area contributed by atoms with Gasteiger partial charge in [-0.3, -0.25) is 0 Å². The van der Waals surface area contributed by atoms with E-state index in [1.54, 1.807) is 0 Å². The summed E-state index contributed by atoms with van der Waals surface area (Å²) in [6.45, 7) is 2.04. The molecule has 2 nitrogen and oxygen atoms in total. The first kappa shape index (κ1) is 8.03. The van der Waals surface area contributed by atoms with Crippen molar-refractivity contribution in [2.24, 2.45) is 0 Å². The lowest BCUT2D eigenvalue weighted by Gasteiger charge is -2.10. The Hall–Kier alpha value is -0.0700. The molecule has 1 fully saturated rings. The number of rotatable bonds is 1. The van der Waals surface area contributed by atoms with Crippen LogP contribution in [0.15, 0.2) is 0 Å². The van der Waals surface area contributed by atoms with Crippen LogP contribution in [-0.2, 0) is 4.74 Å². The van der Waals surface area contributed by atoms with E-state index in [-0.39, 0.29) is 10.9 Å². The van der Waals surface area contributed by atoms with E-state index in [4.69, 9.17) is 10.00 Å². The summed E-state index contributed by atoms with van der Waals surface area (Å²) in [6.07, 6.45) is 2.53. The van der Waals surface area contributed by atoms with Gasteiger partial charge in [0.05, 0.1) is 18.3 Å². The summed E-state index contributed by atoms with van der Waals surface area (Å²) < 4.78 is 5.44. The maximum absolute atomic E-state index is 8.50. The van der Waals surface area contributed by atoms with Gasteiger partial charge in [-0.2, -0.15) is 5.26 Å². The molecule has 0 radical (unpaired) electrons. The highest BCUT2D eigenvalue weighted by Crippen LogP contribution is 2.24. The predicted molar refractivity (Wildman–Crippen MR) is 41.9 cm³/mol. The third kappa shape index (κ3) is 1.71. The molecule has 1 aliphatic rings. The van der Waals surface area contributed by atoms with Crippen molar-refractivity contribution in [3.05, 3.63) is 0 Å². The van der Waals surface area contributed by atoms with Crippen LogP contribution in [0.2, 0.25) is 0 Å². The zero-order chi connectivity index (χ0) is 7.56. The molecular formula is C7H10BrNO. The minimum absolute atomic E-state index is 0.111. The molecule has 0 saturated carbocycles. The monoisotopic (exact) mass is 203 g/mol. The number of alkyl halides is 1. The highest BCUT2D eigenvalue weighted by atomic mass is 79.9. The topological polar surface area (TPSA) is 33.0 Å². The van der Waals surface area contributed by atoms with Crippen molar-refractivity contribution in [3.8, 4) is 6.07 Å². The zero-order valence-corrected chi connectivity index (χ0v) is 7.47. The maximum Gasteiger partial charge on any atom is 0.127 e. The number of hydrogen-bond acceptors (Lipinski definition) is 2. The Morgan fingerprint density at radius 1 is 1.70 bits per heavy atom. The van der Waals surface area contributed by atoms with Gasteiger partial charge in [0.2, 0.25) is 0 Å². The quantitative estimate of drug-likeness (QED) is 0.610. The molecule has 1 heterocycles. The fraction of sp³-hybridized carbons (Fsp3) is 0.857. The fourth-order valence-electron chi connectivity index (χ4n) is 1.13. The summed E-state index contributed by atoms with van der Waals surface area (Å²) in [6, 6.07) is 2.12. The largest absolute Gasteiger partial charge is 0.373 e. The Morgan fingerprint density at radius 2 is 2.40 bits per heavy atom. The van der Waals surface area contributed by atoms with Crippen LogP contribution in [0.1, 0.15) is 19.8 Å². The molecule has 0 bridgehead atoms. The molecule has 0 spiro atoms. The van der Waals surface area contributed by atoms with Crippen molar-refractivity contribution in [2.75, 3.05) is 0 Å². The van der Waals surface area contributed by atoms with Gasteiger partial charge < -0.3 is 4.74 Å². The molecule has 10 heavy (non-hydrogen) atoms. The Balaban J connectivity index is 2.39. The third-order valence-electron chi connectivity index (χ3n) is 1.71. The molecule has 0 amide bonds. The molecule has 0 aromatic rings. The molecule has 0 aliphatic carbocycles. The standard InChI is InChI=1S/C7H10BrNO/c1-5-2-3-7(10-5)6(8)4-9/h5-7H,2-3H2,1H3. The summed E-state index contributed by atoms with van der Waals surface area (Å²) >= 11 is 3.24. The second-order valence-electron chi connectivity index (χ2n) is 2.59. The average molecular weight is 204 g/mol. The summed E-state index contributed by atoms with van der Waals surface area (Å²) in [5.74, 6) is 0. The summed E-state index contributed by atoms with van der Waals surface area (Å²) in [4.78, 5) is -0.127. The number of ether oxygens (including phenoxy) is 1. The van der Waals surface area contributed by atoms with Gasteiger partial charge in [-0.15, -0.1) is 0 Å². The molecule has 3 unspecified atom stereocenters. The van der Waals surface area contributed by atoms with E-state index in [0.717, 1.165) is 12.8 Å². The first-order valence-electron chi connectivity index (χ1n) is 3.43. The highest BCUT2D eigenvalue weighted by molar-refractivity contribution is 9.09. The van der Waals surface area contributed by atoms with Crippen LogP contribution < -0.4 is 0 Å². The van der Waals surface area contributed by atoms with Gasteiger partial charge in [-0.1, -0.05) is 15.9 Å². The molecule has 0 aromatic carbocycles.